The minimum atomic E-state index is -0.562. The maximum Gasteiger partial charge on any atom is 0.310 e. The number of carbonyl (C=O) groups excluding carboxylic acids is 4. The number of fused-ring (bicyclic) bond motifs is 2. The SMILES string of the molecule is C1=C2CCC(C1)C2.CC(=O)OC(C)=O.CC(=O)OC(C)=O. The van der Waals surface area contributed by atoms with E-state index in [1.165, 1.54) is 53.4 Å². The number of hydrogen-bond donors (Lipinski definition) is 0. The van der Waals surface area contributed by atoms with Crippen LogP contribution in [0.2, 0.25) is 0 Å². The first-order valence-corrected chi connectivity index (χ1v) is 6.76. The van der Waals surface area contributed by atoms with Crippen molar-refractivity contribution in [1.82, 2.24) is 0 Å². The van der Waals surface area contributed by atoms with E-state index in [1.54, 1.807) is 5.57 Å². The number of rotatable bonds is 0. The first-order valence-electron chi connectivity index (χ1n) is 6.76. The van der Waals surface area contributed by atoms with Crippen LogP contribution in [0.4, 0.5) is 0 Å². The van der Waals surface area contributed by atoms with E-state index in [0.717, 1.165) is 5.92 Å². The van der Waals surface area contributed by atoms with Crippen LogP contribution < -0.4 is 0 Å². The van der Waals surface area contributed by atoms with E-state index >= 15 is 0 Å². The van der Waals surface area contributed by atoms with Gasteiger partial charge in [-0.3, -0.25) is 19.2 Å². The van der Waals surface area contributed by atoms with E-state index < -0.39 is 23.9 Å². The van der Waals surface area contributed by atoms with Gasteiger partial charge in [-0.25, -0.2) is 0 Å². The van der Waals surface area contributed by atoms with Crippen molar-refractivity contribution in [1.29, 1.82) is 0 Å². The lowest BCUT2D eigenvalue weighted by Gasteiger charge is -1.98. The summed E-state index contributed by atoms with van der Waals surface area (Å²) in [5.74, 6) is -1.17. The van der Waals surface area contributed by atoms with Crippen molar-refractivity contribution >= 4 is 23.9 Å². The summed E-state index contributed by atoms with van der Waals surface area (Å²) >= 11 is 0. The van der Waals surface area contributed by atoms with Gasteiger partial charge in [0.1, 0.15) is 0 Å². The molecule has 0 aliphatic heterocycles. The van der Waals surface area contributed by atoms with Gasteiger partial charge in [0.05, 0.1) is 0 Å². The molecule has 0 aromatic carbocycles. The highest BCUT2D eigenvalue weighted by Gasteiger charge is 2.22. The average Bonchev–Trinajstić information content (AvgIpc) is 2.90. The fraction of sp³-hybridized carbons (Fsp3) is 0.600. The zero-order valence-corrected chi connectivity index (χ0v) is 12.9. The van der Waals surface area contributed by atoms with Crippen molar-refractivity contribution in [3.8, 4) is 0 Å². The normalized spacial score (nSPS) is 17.3. The lowest BCUT2D eigenvalue weighted by Crippen LogP contribution is -2.03. The zero-order valence-electron chi connectivity index (χ0n) is 12.9. The second-order valence-corrected chi connectivity index (χ2v) is 4.88. The van der Waals surface area contributed by atoms with Gasteiger partial charge in [-0.05, 0) is 31.6 Å². The van der Waals surface area contributed by atoms with Gasteiger partial charge in [-0.2, -0.15) is 0 Å². The van der Waals surface area contributed by atoms with E-state index in [1.807, 2.05) is 0 Å². The highest BCUT2D eigenvalue weighted by atomic mass is 16.6. The Kier molecular flexibility index (Phi) is 8.92. The van der Waals surface area contributed by atoms with Crippen LogP contribution in [-0.4, -0.2) is 23.9 Å². The molecule has 0 saturated heterocycles. The fourth-order valence-electron chi connectivity index (χ4n) is 2.09. The third kappa shape index (κ3) is 11.5. The highest BCUT2D eigenvalue weighted by molar-refractivity contribution is 5.82. The number of ether oxygens (including phenoxy) is 2. The fourth-order valence-corrected chi connectivity index (χ4v) is 2.09. The number of carbonyl (C=O) groups is 4. The molecule has 2 aliphatic rings. The van der Waals surface area contributed by atoms with Gasteiger partial charge >= 0.3 is 23.9 Å². The maximum absolute atomic E-state index is 9.81. The predicted octanol–water partition coefficient (Wildman–Crippen LogP) is 2.31. The van der Waals surface area contributed by atoms with Gasteiger partial charge in [0, 0.05) is 27.7 Å². The van der Waals surface area contributed by atoms with E-state index in [-0.39, 0.29) is 0 Å². The predicted molar refractivity (Wildman–Crippen MR) is 74.9 cm³/mol. The Morgan fingerprint density at radius 3 is 1.38 bits per heavy atom. The molecule has 2 rings (SSSR count). The largest absolute Gasteiger partial charge is 0.394 e. The molecule has 0 aromatic heterocycles. The summed E-state index contributed by atoms with van der Waals surface area (Å²) in [6.45, 7) is 4.73. The minimum Gasteiger partial charge on any atom is -0.394 e. The Morgan fingerprint density at radius 1 is 0.905 bits per heavy atom. The molecule has 6 nitrogen and oxygen atoms in total. The van der Waals surface area contributed by atoms with Gasteiger partial charge in [0.25, 0.3) is 0 Å². The Morgan fingerprint density at radius 2 is 1.33 bits per heavy atom. The van der Waals surface area contributed by atoms with Crippen molar-refractivity contribution in [2.75, 3.05) is 0 Å². The lowest BCUT2D eigenvalue weighted by atomic mass is 10.1. The lowest BCUT2D eigenvalue weighted by molar-refractivity contribution is -0.158. The second-order valence-electron chi connectivity index (χ2n) is 4.88. The third-order valence-electron chi connectivity index (χ3n) is 2.74. The summed E-state index contributed by atoms with van der Waals surface area (Å²) in [5.41, 5.74) is 1.74. The molecule has 0 aromatic rings. The Balaban J connectivity index is 0.000000286. The van der Waals surface area contributed by atoms with E-state index in [2.05, 4.69) is 15.5 Å². The van der Waals surface area contributed by atoms with Crippen LogP contribution in [0.5, 0.6) is 0 Å². The molecule has 6 heteroatoms. The molecule has 1 unspecified atom stereocenters. The molecule has 0 radical (unpaired) electrons. The van der Waals surface area contributed by atoms with Gasteiger partial charge < -0.3 is 9.47 Å². The quantitative estimate of drug-likeness (QED) is 0.387. The maximum atomic E-state index is 9.81. The molecule has 0 heterocycles. The van der Waals surface area contributed by atoms with Crippen molar-refractivity contribution < 1.29 is 28.7 Å². The molecule has 2 aliphatic carbocycles. The molecule has 118 valence electrons. The van der Waals surface area contributed by atoms with Crippen molar-refractivity contribution in [2.24, 2.45) is 5.92 Å². The van der Waals surface area contributed by atoms with Crippen molar-refractivity contribution in [3.63, 3.8) is 0 Å². The first kappa shape index (κ1) is 19.0. The summed E-state index contributed by atoms with van der Waals surface area (Å²) < 4.78 is 7.94. The molecule has 0 N–H and O–H groups in total. The van der Waals surface area contributed by atoms with Crippen LogP contribution in [0.1, 0.15) is 53.4 Å². The van der Waals surface area contributed by atoms with Crippen LogP contribution in [0.3, 0.4) is 0 Å². The molecule has 1 saturated carbocycles. The molecule has 1 fully saturated rings. The average molecular weight is 298 g/mol. The monoisotopic (exact) mass is 298 g/mol. The van der Waals surface area contributed by atoms with E-state index in [9.17, 15) is 19.2 Å². The zero-order chi connectivity index (χ0) is 16.4. The summed E-state index contributed by atoms with van der Waals surface area (Å²) in [6, 6.07) is 0. The molecule has 2 bridgehead atoms. The summed E-state index contributed by atoms with van der Waals surface area (Å²) in [6.07, 6.45) is 8.18. The van der Waals surface area contributed by atoms with Gasteiger partial charge in [0.2, 0.25) is 0 Å². The van der Waals surface area contributed by atoms with Gasteiger partial charge in [0.15, 0.2) is 0 Å². The topological polar surface area (TPSA) is 86.7 Å². The Labute approximate surface area is 124 Å². The molecule has 0 spiro atoms. The second kappa shape index (κ2) is 9.85. The standard InChI is InChI=1S/C7H10.2C4H6O3/c1-2-7-4-3-6(1)5-7;2*1-3(5)7-4(2)6/h1,7H,2-5H2;2*1-2H3. The Hall–Kier alpha value is -1.98. The van der Waals surface area contributed by atoms with E-state index in [4.69, 9.17) is 0 Å². The smallest absolute Gasteiger partial charge is 0.310 e. The number of hydrogen-bond acceptors (Lipinski definition) is 6. The van der Waals surface area contributed by atoms with Crippen LogP contribution in [0.25, 0.3) is 0 Å². The Bertz CT molecular complexity index is 385. The molecular weight excluding hydrogens is 276 g/mol. The van der Waals surface area contributed by atoms with Gasteiger partial charge in [-0.15, -0.1) is 0 Å². The molecule has 0 amide bonds. The van der Waals surface area contributed by atoms with Crippen LogP contribution in [-0.2, 0) is 28.7 Å². The summed E-state index contributed by atoms with van der Waals surface area (Å²) in [7, 11) is 0. The molecule has 21 heavy (non-hydrogen) atoms. The number of esters is 4. The van der Waals surface area contributed by atoms with Crippen molar-refractivity contribution in [3.05, 3.63) is 11.6 Å². The highest BCUT2D eigenvalue weighted by Crippen LogP contribution is 2.38. The van der Waals surface area contributed by atoms with Gasteiger partial charge in [-0.1, -0.05) is 11.6 Å². The summed E-state index contributed by atoms with van der Waals surface area (Å²) in [5, 5.41) is 0. The third-order valence-corrected chi connectivity index (χ3v) is 2.74. The number of allylic oxidation sites excluding steroid dienone is 2. The summed E-state index contributed by atoms with van der Waals surface area (Å²) in [4.78, 5) is 39.2. The molecule has 1 atom stereocenters. The minimum absolute atomic E-state index is 0.562. The first-order chi connectivity index (χ1) is 9.70. The molecular formula is C15H22O6. The van der Waals surface area contributed by atoms with Crippen molar-refractivity contribution in [2.45, 2.75) is 53.4 Å². The van der Waals surface area contributed by atoms with Crippen LogP contribution in [0.15, 0.2) is 11.6 Å². The van der Waals surface area contributed by atoms with Crippen LogP contribution in [0, 0.1) is 5.92 Å². The van der Waals surface area contributed by atoms with Crippen LogP contribution >= 0.6 is 0 Å². The van der Waals surface area contributed by atoms with E-state index in [0.29, 0.717) is 0 Å².